The SMILES string of the molecule is CC(C)N1CCC(c2cnc(-c3cnn(C(C)C)c3)cn2)CC1. The van der Waals surface area contributed by atoms with Crippen molar-refractivity contribution in [3.63, 3.8) is 0 Å². The Morgan fingerprint density at radius 2 is 1.70 bits per heavy atom. The van der Waals surface area contributed by atoms with E-state index in [9.17, 15) is 0 Å². The van der Waals surface area contributed by atoms with Crippen LogP contribution in [-0.2, 0) is 0 Å². The minimum Gasteiger partial charge on any atom is -0.301 e. The smallest absolute Gasteiger partial charge is 0.0916 e. The molecule has 0 N–H and O–H groups in total. The fourth-order valence-electron chi connectivity index (χ4n) is 3.16. The normalized spacial score (nSPS) is 17.3. The Kier molecular flexibility index (Phi) is 4.76. The maximum absolute atomic E-state index is 4.68. The van der Waals surface area contributed by atoms with E-state index in [1.54, 1.807) is 0 Å². The molecule has 0 spiro atoms. The first-order chi connectivity index (χ1) is 11.0. The van der Waals surface area contributed by atoms with Crippen LogP contribution in [0.1, 0.15) is 58.2 Å². The number of rotatable bonds is 4. The summed E-state index contributed by atoms with van der Waals surface area (Å²) in [7, 11) is 0. The van der Waals surface area contributed by atoms with E-state index in [1.807, 2.05) is 29.5 Å². The molecule has 0 amide bonds. The van der Waals surface area contributed by atoms with Crippen LogP contribution in [-0.4, -0.2) is 43.8 Å². The Balaban J connectivity index is 1.67. The molecule has 0 radical (unpaired) electrons. The van der Waals surface area contributed by atoms with Gasteiger partial charge in [-0.25, -0.2) is 0 Å². The quantitative estimate of drug-likeness (QED) is 0.866. The topological polar surface area (TPSA) is 46.8 Å². The van der Waals surface area contributed by atoms with Gasteiger partial charge in [-0.3, -0.25) is 14.6 Å². The first-order valence-corrected chi connectivity index (χ1v) is 8.65. The van der Waals surface area contributed by atoms with Crippen LogP contribution in [0, 0.1) is 0 Å². The van der Waals surface area contributed by atoms with Crippen LogP contribution in [0.5, 0.6) is 0 Å². The molecule has 3 heterocycles. The summed E-state index contributed by atoms with van der Waals surface area (Å²) in [6.07, 6.45) is 10.1. The molecule has 1 saturated heterocycles. The lowest BCUT2D eigenvalue weighted by atomic mass is 9.93. The summed E-state index contributed by atoms with van der Waals surface area (Å²) in [5.74, 6) is 0.546. The second-order valence-electron chi connectivity index (χ2n) is 7.03. The van der Waals surface area contributed by atoms with Crippen LogP contribution in [0.4, 0.5) is 0 Å². The summed E-state index contributed by atoms with van der Waals surface area (Å²) in [6, 6.07) is 1.00. The van der Waals surface area contributed by atoms with Crippen molar-refractivity contribution in [2.24, 2.45) is 0 Å². The van der Waals surface area contributed by atoms with Crippen molar-refractivity contribution in [2.75, 3.05) is 13.1 Å². The molecule has 5 heteroatoms. The number of likely N-dealkylation sites (tertiary alicyclic amines) is 1. The van der Waals surface area contributed by atoms with Crippen LogP contribution >= 0.6 is 0 Å². The summed E-state index contributed by atoms with van der Waals surface area (Å²) < 4.78 is 1.95. The lowest BCUT2D eigenvalue weighted by Crippen LogP contribution is -2.38. The third-order valence-corrected chi connectivity index (χ3v) is 4.78. The zero-order valence-electron chi connectivity index (χ0n) is 14.6. The third-order valence-electron chi connectivity index (χ3n) is 4.78. The molecule has 23 heavy (non-hydrogen) atoms. The average Bonchev–Trinajstić information content (AvgIpc) is 3.05. The molecule has 0 bridgehead atoms. The molecule has 0 aromatic carbocycles. The van der Waals surface area contributed by atoms with E-state index in [2.05, 4.69) is 47.7 Å². The van der Waals surface area contributed by atoms with E-state index in [1.165, 1.54) is 12.8 Å². The second-order valence-corrected chi connectivity index (χ2v) is 7.03. The Morgan fingerprint density at radius 3 is 2.22 bits per heavy atom. The molecule has 1 aliphatic rings. The highest BCUT2D eigenvalue weighted by molar-refractivity contribution is 5.55. The number of hydrogen-bond donors (Lipinski definition) is 0. The summed E-state index contributed by atoms with van der Waals surface area (Å²) in [5.41, 5.74) is 3.07. The van der Waals surface area contributed by atoms with Crippen molar-refractivity contribution in [3.8, 4) is 11.3 Å². The summed E-state index contributed by atoms with van der Waals surface area (Å²) in [5, 5.41) is 4.37. The van der Waals surface area contributed by atoms with Gasteiger partial charge in [-0.2, -0.15) is 5.10 Å². The Labute approximate surface area is 138 Å². The minimum absolute atomic E-state index is 0.363. The van der Waals surface area contributed by atoms with Crippen molar-refractivity contribution in [1.82, 2.24) is 24.6 Å². The van der Waals surface area contributed by atoms with E-state index in [-0.39, 0.29) is 0 Å². The average molecular weight is 313 g/mol. The zero-order valence-corrected chi connectivity index (χ0v) is 14.6. The minimum atomic E-state index is 0.363. The fraction of sp³-hybridized carbons (Fsp3) is 0.611. The molecule has 1 fully saturated rings. The van der Waals surface area contributed by atoms with Crippen LogP contribution < -0.4 is 0 Å². The Morgan fingerprint density at radius 1 is 0.957 bits per heavy atom. The first kappa shape index (κ1) is 16.1. The highest BCUT2D eigenvalue weighted by Crippen LogP contribution is 2.28. The van der Waals surface area contributed by atoms with Crippen molar-refractivity contribution >= 4 is 0 Å². The zero-order chi connectivity index (χ0) is 16.4. The standard InChI is InChI=1S/C18H27N5/c1-13(2)22-7-5-15(6-8-22)17-10-20-18(11-19-17)16-9-21-23(12-16)14(3)4/h9-15H,5-8H2,1-4H3. The molecular formula is C18H27N5. The van der Waals surface area contributed by atoms with Gasteiger partial charge in [0.2, 0.25) is 0 Å². The van der Waals surface area contributed by atoms with Crippen molar-refractivity contribution in [1.29, 1.82) is 0 Å². The molecule has 0 atom stereocenters. The fourth-order valence-corrected chi connectivity index (χ4v) is 3.16. The third kappa shape index (κ3) is 3.61. The van der Waals surface area contributed by atoms with Gasteiger partial charge in [0.25, 0.3) is 0 Å². The molecule has 3 rings (SSSR count). The van der Waals surface area contributed by atoms with Crippen molar-refractivity contribution < 1.29 is 0 Å². The van der Waals surface area contributed by atoms with Gasteiger partial charge < -0.3 is 4.90 Å². The highest BCUT2D eigenvalue weighted by atomic mass is 15.3. The molecule has 124 valence electrons. The van der Waals surface area contributed by atoms with Gasteiger partial charge >= 0.3 is 0 Å². The van der Waals surface area contributed by atoms with Crippen molar-refractivity contribution in [3.05, 3.63) is 30.5 Å². The van der Waals surface area contributed by atoms with Crippen molar-refractivity contribution in [2.45, 2.75) is 58.5 Å². The van der Waals surface area contributed by atoms with Gasteiger partial charge in [-0.15, -0.1) is 0 Å². The molecule has 0 unspecified atom stereocenters. The summed E-state index contributed by atoms with van der Waals surface area (Å²) in [6.45, 7) is 11.1. The van der Waals surface area contributed by atoms with E-state index >= 15 is 0 Å². The second kappa shape index (κ2) is 6.79. The van der Waals surface area contributed by atoms with Gasteiger partial charge in [0.15, 0.2) is 0 Å². The number of nitrogens with zero attached hydrogens (tertiary/aromatic N) is 5. The summed E-state index contributed by atoms with van der Waals surface area (Å²) in [4.78, 5) is 11.8. The summed E-state index contributed by atoms with van der Waals surface area (Å²) >= 11 is 0. The predicted octanol–water partition coefficient (Wildman–Crippen LogP) is 3.51. The maximum atomic E-state index is 4.68. The van der Waals surface area contributed by atoms with Gasteiger partial charge in [0.05, 0.1) is 23.8 Å². The lowest BCUT2D eigenvalue weighted by molar-refractivity contribution is 0.170. The van der Waals surface area contributed by atoms with E-state index < -0.39 is 0 Å². The van der Waals surface area contributed by atoms with Crippen LogP contribution in [0.2, 0.25) is 0 Å². The predicted molar refractivity (Wildman–Crippen MR) is 92.3 cm³/mol. The first-order valence-electron chi connectivity index (χ1n) is 8.65. The van der Waals surface area contributed by atoms with Gasteiger partial charge in [-0.05, 0) is 53.6 Å². The molecule has 1 aliphatic heterocycles. The largest absolute Gasteiger partial charge is 0.301 e. The maximum Gasteiger partial charge on any atom is 0.0916 e. The highest BCUT2D eigenvalue weighted by Gasteiger charge is 2.23. The molecule has 0 saturated carbocycles. The van der Waals surface area contributed by atoms with E-state index in [0.717, 1.165) is 30.0 Å². The number of aromatic nitrogens is 4. The Hall–Kier alpha value is -1.75. The van der Waals surface area contributed by atoms with Gasteiger partial charge in [0.1, 0.15) is 0 Å². The van der Waals surface area contributed by atoms with Crippen LogP contribution in [0.25, 0.3) is 11.3 Å². The Bertz CT molecular complexity index is 621. The molecule has 2 aromatic heterocycles. The van der Waals surface area contributed by atoms with E-state index in [0.29, 0.717) is 18.0 Å². The van der Waals surface area contributed by atoms with Crippen LogP contribution in [0.15, 0.2) is 24.8 Å². The molecule has 5 nitrogen and oxygen atoms in total. The van der Waals surface area contributed by atoms with Gasteiger partial charge in [0, 0.05) is 36.0 Å². The van der Waals surface area contributed by atoms with Gasteiger partial charge in [-0.1, -0.05) is 0 Å². The van der Waals surface area contributed by atoms with E-state index in [4.69, 9.17) is 0 Å². The van der Waals surface area contributed by atoms with Crippen LogP contribution in [0.3, 0.4) is 0 Å². The lowest BCUT2D eigenvalue weighted by Gasteiger charge is -2.34. The molecule has 0 aliphatic carbocycles. The monoisotopic (exact) mass is 313 g/mol. The molecule has 2 aromatic rings. The number of piperidine rings is 1. The molecular weight excluding hydrogens is 286 g/mol. The number of hydrogen-bond acceptors (Lipinski definition) is 4.